The molecule has 2 saturated heterocycles. The van der Waals surface area contributed by atoms with Crippen LogP contribution in [0.2, 0.25) is 0 Å². The Balaban J connectivity index is 1.22. The SMILES string of the molecule is CCOC(=O)CNC(=O)Nc1ccc([C@@H]2O[C@H](CN3CCN(c4ccc([N+](=O)[O-])cc4)CC3)C[C@H](c3ccc(CO)cc3)O2)cc1. The molecule has 13 nitrogen and oxygen atoms in total. The number of nitrogens with one attached hydrogen (secondary N) is 2. The van der Waals surface area contributed by atoms with E-state index < -0.39 is 23.2 Å². The Bertz CT molecular complexity index is 1460. The average Bonchev–Trinajstić information content (AvgIpc) is 3.08. The summed E-state index contributed by atoms with van der Waals surface area (Å²) in [6.45, 7) is 5.60. The number of carbonyl (C=O) groups excluding carboxylic acids is 2. The molecule has 3 atom stereocenters. The van der Waals surface area contributed by atoms with Gasteiger partial charge in [-0.05, 0) is 42.3 Å². The van der Waals surface area contributed by atoms with E-state index in [-0.39, 0.29) is 37.7 Å². The molecule has 0 aliphatic carbocycles. The Morgan fingerprint density at radius 1 is 0.957 bits per heavy atom. The van der Waals surface area contributed by atoms with Crippen LogP contribution in [0.15, 0.2) is 72.8 Å². The van der Waals surface area contributed by atoms with Crippen molar-refractivity contribution >= 4 is 29.1 Å². The number of non-ortho nitro benzene ring substituents is 1. The van der Waals surface area contributed by atoms with E-state index in [1.54, 1.807) is 31.2 Å². The van der Waals surface area contributed by atoms with Crippen LogP contribution in [0.25, 0.3) is 0 Å². The topological polar surface area (TPSA) is 156 Å². The number of nitro groups is 1. The lowest BCUT2D eigenvalue weighted by molar-refractivity contribution is -0.384. The first-order valence-corrected chi connectivity index (χ1v) is 15.3. The Kier molecular flexibility index (Phi) is 11.2. The van der Waals surface area contributed by atoms with Crippen LogP contribution in [0.3, 0.4) is 0 Å². The molecule has 0 bridgehead atoms. The molecular formula is C33H39N5O8. The maximum Gasteiger partial charge on any atom is 0.325 e. The summed E-state index contributed by atoms with van der Waals surface area (Å²) in [5, 5.41) is 25.7. The van der Waals surface area contributed by atoms with Gasteiger partial charge < -0.3 is 34.9 Å². The Labute approximate surface area is 267 Å². The second-order valence-electron chi connectivity index (χ2n) is 11.1. The first kappa shape index (κ1) is 32.8. The van der Waals surface area contributed by atoms with Crippen molar-refractivity contribution in [1.29, 1.82) is 0 Å². The van der Waals surface area contributed by atoms with Gasteiger partial charge in [-0.3, -0.25) is 19.8 Å². The standard InChI is InChI=1S/C33H39N5O8/c1-2-44-31(40)20-34-33(41)35-26-9-7-25(8-10-26)32-45-29(19-30(46-32)24-5-3-23(22-39)4-6-24)21-36-15-17-37(18-16-36)27-11-13-28(14-12-27)38(42)43/h3-14,29-30,32,39H,2,15-22H2,1H3,(H2,34,35,41)/t29-,30+,32+/m0/s1. The molecule has 244 valence electrons. The van der Waals surface area contributed by atoms with Crippen molar-refractivity contribution in [2.24, 2.45) is 0 Å². The zero-order chi connectivity index (χ0) is 32.5. The number of benzene rings is 3. The predicted octanol–water partition coefficient (Wildman–Crippen LogP) is 4.14. The number of nitrogens with zero attached hydrogens (tertiary/aromatic N) is 3. The summed E-state index contributed by atoms with van der Waals surface area (Å²) < 4.78 is 17.8. The van der Waals surface area contributed by atoms with Crippen LogP contribution in [0.1, 0.15) is 42.4 Å². The summed E-state index contributed by atoms with van der Waals surface area (Å²) in [5.41, 5.74) is 4.20. The summed E-state index contributed by atoms with van der Waals surface area (Å²) in [6.07, 6.45) is -0.352. The number of aliphatic hydroxyl groups is 1. The van der Waals surface area contributed by atoms with Crippen LogP contribution in [-0.2, 0) is 25.6 Å². The summed E-state index contributed by atoms with van der Waals surface area (Å²) >= 11 is 0. The van der Waals surface area contributed by atoms with Crippen LogP contribution in [0.5, 0.6) is 0 Å². The smallest absolute Gasteiger partial charge is 0.325 e. The maximum absolute atomic E-state index is 12.2. The van der Waals surface area contributed by atoms with Crippen LogP contribution in [0.4, 0.5) is 21.9 Å². The van der Waals surface area contributed by atoms with E-state index >= 15 is 0 Å². The van der Waals surface area contributed by atoms with E-state index in [4.69, 9.17) is 14.2 Å². The zero-order valence-corrected chi connectivity index (χ0v) is 25.7. The molecule has 0 radical (unpaired) electrons. The fraction of sp³-hybridized carbons (Fsp3) is 0.394. The average molecular weight is 634 g/mol. The quantitative estimate of drug-likeness (QED) is 0.159. The minimum absolute atomic E-state index is 0.0345. The first-order chi connectivity index (χ1) is 22.3. The molecule has 3 aromatic rings. The highest BCUT2D eigenvalue weighted by Gasteiger charge is 2.34. The normalized spacial score (nSPS) is 20.1. The molecule has 13 heteroatoms. The van der Waals surface area contributed by atoms with Crippen molar-refractivity contribution < 1.29 is 33.8 Å². The van der Waals surface area contributed by atoms with Crippen LogP contribution >= 0.6 is 0 Å². The van der Waals surface area contributed by atoms with Gasteiger partial charge in [0.1, 0.15) is 6.54 Å². The molecule has 3 aromatic carbocycles. The van der Waals surface area contributed by atoms with Crippen molar-refractivity contribution in [2.75, 3.05) is 56.1 Å². The lowest BCUT2D eigenvalue weighted by Gasteiger charge is -2.41. The number of piperazine rings is 1. The number of aliphatic hydroxyl groups excluding tert-OH is 1. The van der Waals surface area contributed by atoms with E-state index in [2.05, 4.69) is 20.4 Å². The number of ether oxygens (including phenoxy) is 3. The Morgan fingerprint density at radius 3 is 2.26 bits per heavy atom. The third-order valence-corrected chi connectivity index (χ3v) is 8.01. The number of rotatable bonds is 11. The van der Waals surface area contributed by atoms with E-state index in [9.17, 15) is 24.8 Å². The van der Waals surface area contributed by atoms with Gasteiger partial charge >= 0.3 is 12.0 Å². The lowest BCUT2D eigenvalue weighted by atomic mass is 9.99. The number of anilines is 2. The van der Waals surface area contributed by atoms with E-state index in [1.165, 1.54) is 12.1 Å². The third-order valence-electron chi connectivity index (χ3n) is 8.01. The number of hydrogen-bond acceptors (Lipinski definition) is 10. The fourth-order valence-electron chi connectivity index (χ4n) is 5.56. The van der Waals surface area contributed by atoms with Gasteiger partial charge in [-0.25, -0.2) is 4.79 Å². The maximum atomic E-state index is 12.2. The van der Waals surface area contributed by atoms with Crippen molar-refractivity contribution in [1.82, 2.24) is 10.2 Å². The van der Waals surface area contributed by atoms with Crippen LogP contribution < -0.4 is 15.5 Å². The van der Waals surface area contributed by atoms with E-state index in [0.717, 1.165) is 48.6 Å². The molecule has 2 aliphatic rings. The van der Waals surface area contributed by atoms with E-state index in [0.29, 0.717) is 18.7 Å². The molecule has 3 N–H and O–H groups in total. The lowest BCUT2D eigenvalue weighted by Crippen LogP contribution is -2.49. The zero-order valence-electron chi connectivity index (χ0n) is 25.7. The minimum Gasteiger partial charge on any atom is -0.465 e. The van der Waals surface area contributed by atoms with Crippen molar-refractivity contribution in [3.05, 3.63) is 99.6 Å². The predicted molar refractivity (Wildman–Crippen MR) is 170 cm³/mol. The number of amides is 2. The number of esters is 1. The van der Waals surface area contributed by atoms with Crippen LogP contribution in [0, 0.1) is 10.1 Å². The number of hydrogen-bond donors (Lipinski definition) is 3. The summed E-state index contributed by atoms with van der Waals surface area (Å²) in [5.74, 6) is -0.513. The summed E-state index contributed by atoms with van der Waals surface area (Å²) in [7, 11) is 0. The summed E-state index contributed by atoms with van der Waals surface area (Å²) in [6, 6.07) is 21.0. The van der Waals surface area contributed by atoms with Gasteiger partial charge in [0.25, 0.3) is 5.69 Å². The second kappa shape index (κ2) is 15.6. The number of urea groups is 1. The Morgan fingerprint density at radius 2 is 1.63 bits per heavy atom. The molecule has 2 heterocycles. The highest BCUT2D eigenvalue weighted by Crippen LogP contribution is 2.38. The summed E-state index contributed by atoms with van der Waals surface area (Å²) in [4.78, 5) is 38.9. The van der Waals surface area contributed by atoms with Crippen molar-refractivity contribution in [3.8, 4) is 0 Å². The van der Waals surface area contributed by atoms with Gasteiger partial charge in [-0.1, -0.05) is 36.4 Å². The molecule has 0 spiro atoms. The van der Waals surface area contributed by atoms with Gasteiger partial charge in [0.2, 0.25) is 0 Å². The molecule has 0 saturated carbocycles. The molecular weight excluding hydrogens is 594 g/mol. The molecule has 2 fully saturated rings. The van der Waals surface area contributed by atoms with Gasteiger partial charge in [0, 0.05) is 68.2 Å². The van der Waals surface area contributed by atoms with Crippen LogP contribution in [-0.4, -0.2) is 78.9 Å². The number of carbonyl (C=O) groups is 2. The largest absolute Gasteiger partial charge is 0.465 e. The molecule has 2 aliphatic heterocycles. The van der Waals surface area contributed by atoms with Crippen molar-refractivity contribution in [2.45, 2.75) is 38.4 Å². The monoisotopic (exact) mass is 633 g/mol. The van der Waals surface area contributed by atoms with Crippen molar-refractivity contribution in [3.63, 3.8) is 0 Å². The number of nitro benzene ring substituents is 1. The molecule has 0 aromatic heterocycles. The first-order valence-electron chi connectivity index (χ1n) is 15.3. The van der Waals surface area contributed by atoms with E-state index in [1.807, 2.05) is 36.4 Å². The van der Waals surface area contributed by atoms with Gasteiger partial charge in [-0.2, -0.15) is 0 Å². The fourth-order valence-corrected chi connectivity index (χ4v) is 5.56. The highest BCUT2D eigenvalue weighted by molar-refractivity contribution is 5.91. The van der Waals surface area contributed by atoms with Gasteiger partial charge in [-0.15, -0.1) is 0 Å². The molecule has 2 amide bonds. The van der Waals surface area contributed by atoms with Gasteiger partial charge in [0.15, 0.2) is 6.29 Å². The molecule has 5 rings (SSSR count). The molecule has 46 heavy (non-hydrogen) atoms. The highest BCUT2D eigenvalue weighted by atomic mass is 16.7. The molecule has 0 unspecified atom stereocenters. The third kappa shape index (κ3) is 8.79. The second-order valence-corrected chi connectivity index (χ2v) is 11.1. The van der Waals surface area contributed by atoms with Gasteiger partial charge in [0.05, 0.1) is 30.3 Å². The Hall–Kier alpha value is -4.56. The minimum atomic E-state index is -0.644.